The van der Waals surface area contributed by atoms with Crippen LogP contribution in [0.3, 0.4) is 0 Å². The van der Waals surface area contributed by atoms with Crippen LogP contribution in [0.2, 0.25) is 0 Å². The van der Waals surface area contributed by atoms with Crippen molar-refractivity contribution < 1.29 is 14.3 Å². The molecule has 1 aliphatic rings. The van der Waals surface area contributed by atoms with E-state index in [0.717, 1.165) is 65.8 Å². The Morgan fingerprint density at radius 2 is 1.78 bits per heavy atom. The monoisotopic (exact) mass is 577 g/mol. The number of amides is 2. The second-order valence-electron chi connectivity index (χ2n) is 10.6. The van der Waals surface area contributed by atoms with Gasteiger partial charge < -0.3 is 14.5 Å². The Kier molecular flexibility index (Phi) is 11.2. The number of benzene rings is 2. The summed E-state index contributed by atoms with van der Waals surface area (Å²) in [6.07, 6.45) is 5.21. The van der Waals surface area contributed by atoms with E-state index < -0.39 is 0 Å². The van der Waals surface area contributed by atoms with Gasteiger partial charge in [0.05, 0.1) is 12.8 Å². The number of ether oxygens (including phenoxy) is 1. The minimum Gasteiger partial charge on any atom is -0.495 e. The standard InChI is InChI=1S/C32H43N5O3S/c1-5-7-14-25(6-2)31(39)36-21-20-35(23-24(36)3)29(38)19-13-22-41-32-34-33-30(26-15-9-8-10-16-26)37(32)27-17-11-12-18-28(27)40-4/h8-12,15-18,24-25H,5-7,13-14,19-23H2,1-4H3. The first-order valence-electron chi connectivity index (χ1n) is 14.8. The van der Waals surface area contributed by atoms with Crippen molar-refractivity contribution in [3.05, 3.63) is 54.6 Å². The fourth-order valence-corrected chi connectivity index (χ4v) is 6.30. The van der Waals surface area contributed by atoms with E-state index in [1.807, 2.05) is 69.0 Å². The number of thioether (sulfide) groups is 1. The molecule has 1 aromatic heterocycles. The Morgan fingerprint density at radius 1 is 1.02 bits per heavy atom. The summed E-state index contributed by atoms with van der Waals surface area (Å²) < 4.78 is 7.68. The Balaban J connectivity index is 1.35. The van der Waals surface area contributed by atoms with Crippen LogP contribution in [-0.4, -0.2) is 74.9 Å². The van der Waals surface area contributed by atoms with Crippen molar-refractivity contribution in [2.45, 2.75) is 70.5 Å². The molecule has 41 heavy (non-hydrogen) atoms. The van der Waals surface area contributed by atoms with E-state index in [-0.39, 0.29) is 23.8 Å². The molecular formula is C32H43N5O3S. The molecule has 0 N–H and O–H groups in total. The van der Waals surface area contributed by atoms with E-state index in [2.05, 4.69) is 31.0 Å². The number of methoxy groups -OCH3 is 1. The van der Waals surface area contributed by atoms with Crippen LogP contribution in [0.5, 0.6) is 5.75 Å². The first-order chi connectivity index (χ1) is 20.0. The van der Waals surface area contributed by atoms with E-state index >= 15 is 0 Å². The summed E-state index contributed by atoms with van der Waals surface area (Å²) in [5.41, 5.74) is 1.84. The van der Waals surface area contributed by atoms with E-state index in [0.29, 0.717) is 26.1 Å². The van der Waals surface area contributed by atoms with Crippen molar-refractivity contribution in [1.29, 1.82) is 0 Å². The Morgan fingerprint density at radius 3 is 2.49 bits per heavy atom. The number of rotatable bonds is 13. The van der Waals surface area contributed by atoms with Crippen molar-refractivity contribution in [2.24, 2.45) is 5.92 Å². The molecule has 0 radical (unpaired) electrons. The molecule has 9 heteroatoms. The Labute approximate surface area is 248 Å². The van der Waals surface area contributed by atoms with E-state index in [9.17, 15) is 9.59 Å². The van der Waals surface area contributed by atoms with E-state index in [4.69, 9.17) is 4.74 Å². The molecule has 2 aromatic carbocycles. The quantitative estimate of drug-likeness (QED) is 0.181. The smallest absolute Gasteiger partial charge is 0.226 e. The number of hydrogen-bond donors (Lipinski definition) is 0. The van der Waals surface area contributed by atoms with Crippen LogP contribution in [0.1, 0.15) is 59.3 Å². The van der Waals surface area contributed by atoms with Crippen molar-refractivity contribution in [1.82, 2.24) is 24.6 Å². The van der Waals surface area contributed by atoms with E-state index in [1.54, 1.807) is 18.9 Å². The number of hydrogen-bond acceptors (Lipinski definition) is 6. The van der Waals surface area contributed by atoms with Gasteiger partial charge in [0.15, 0.2) is 11.0 Å². The topological polar surface area (TPSA) is 80.6 Å². The molecule has 0 bridgehead atoms. The molecule has 4 rings (SSSR count). The van der Waals surface area contributed by atoms with Crippen LogP contribution in [0.25, 0.3) is 17.1 Å². The molecule has 2 atom stereocenters. The SMILES string of the molecule is CCCCC(CC)C(=O)N1CCN(C(=O)CCCSc2nnc(-c3ccccc3)n2-c2ccccc2OC)CC1C. The predicted octanol–water partition coefficient (Wildman–Crippen LogP) is 6.09. The van der Waals surface area contributed by atoms with Gasteiger partial charge in [-0.05, 0) is 38.3 Å². The molecule has 220 valence electrons. The third-order valence-electron chi connectivity index (χ3n) is 7.77. The molecular weight excluding hydrogens is 534 g/mol. The third kappa shape index (κ3) is 7.50. The number of para-hydroxylation sites is 2. The lowest BCUT2D eigenvalue weighted by atomic mass is 9.96. The van der Waals surface area contributed by atoms with Crippen LogP contribution >= 0.6 is 11.8 Å². The number of carbonyl (C=O) groups excluding carboxylic acids is 2. The number of carbonyl (C=O) groups is 2. The van der Waals surface area contributed by atoms with Gasteiger partial charge in [0, 0.05) is 49.3 Å². The number of unbranched alkanes of at least 4 members (excludes halogenated alkanes) is 1. The second-order valence-corrected chi connectivity index (χ2v) is 11.7. The largest absolute Gasteiger partial charge is 0.495 e. The minimum absolute atomic E-state index is 0.0427. The van der Waals surface area contributed by atoms with Crippen molar-refractivity contribution in [3.8, 4) is 22.8 Å². The Bertz CT molecular complexity index is 1280. The summed E-state index contributed by atoms with van der Waals surface area (Å²) in [6, 6.07) is 17.9. The zero-order chi connectivity index (χ0) is 29.2. The van der Waals surface area contributed by atoms with Gasteiger partial charge in [0.25, 0.3) is 0 Å². The van der Waals surface area contributed by atoms with Crippen LogP contribution in [0.15, 0.2) is 59.8 Å². The van der Waals surface area contributed by atoms with Gasteiger partial charge in [-0.2, -0.15) is 0 Å². The van der Waals surface area contributed by atoms with Gasteiger partial charge in [0.2, 0.25) is 11.8 Å². The Hall–Kier alpha value is -3.33. The van der Waals surface area contributed by atoms with Crippen LogP contribution in [0, 0.1) is 5.92 Å². The van der Waals surface area contributed by atoms with Gasteiger partial charge in [-0.1, -0.05) is 80.9 Å². The van der Waals surface area contributed by atoms with Crippen LogP contribution in [0.4, 0.5) is 0 Å². The average Bonchev–Trinajstić information content (AvgIpc) is 3.43. The molecule has 1 aliphatic heterocycles. The highest BCUT2D eigenvalue weighted by molar-refractivity contribution is 7.99. The third-order valence-corrected chi connectivity index (χ3v) is 8.78. The number of nitrogens with zero attached hydrogens (tertiary/aromatic N) is 5. The van der Waals surface area contributed by atoms with Gasteiger partial charge in [-0.15, -0.1) is 10.2 Å². The van der Waals surface area contributed by atoms with Gasteiger partial charge in [0.1, 0.15) is 5.75 Å². The lowest BCUT2D eigenvalue weighted by Gasteiger charge is -2.41. The molecule has 1 saturated heterocycles. The van der Waals surface area contributed by atoms with Crippen LogP contribution < -0.4 is 4.74 Å². The highest BCUT2D eigenvalue weighted by atomic mass is 32.2. The summed E-state index contributed by atoms with van der Waals surface area (Å²) in [5.74, 6) is 2.72. The maximum absolute atomic E-state index is 13.1. The summed E-state index contributed by atoms with van der Waals surface area (Å²) in [5, 5.41) is 9.79. The highest BCUT2D eigenvalue weighted by Crippen LogP contribution is 2.33. The zero-order valence-corrected chi connectivity index (χ0v) is 25.6. The average molecular weight is 578 g/mol. The summed E-state index contributed by atoms with van der Waals surface area (Å²) >= 11 is 1.59. The van der Waals surface area contributed by atoms with Crippen molar-refractivity contribution in [3.63, 3.8) is 0 Å². The van der Waals surface area contributed by atoms with Gasteiger partial charge in [-0.3, -0.25) is 14.2 Å². The lowest BCUT2D eigenvalue weighted by Crippen LogP contribution is -2.56. The lowest BCUT2D eigenvalue weighted by molar-refractivity contribution is -0.145. The molecule has 0 aliphatic carbocycles. The molecule has 0 spiro atoms. The maximum atomic E-state index is 13.1. The second kappa shape index (κ2) is 15.1. The summed E-state index contributed by atoms with van der Waals surface area (Å²) in [6.45, 7) is 8.15. The molecule has 8 nitrogen and oxygen atoms in total. The fourth-order valence-electron chi connectivity index (χ4n) is 5.41. The first-order valence-corrected chi connectivity index (χ1v) is 15.8. The predicted molar refractivity (Wildman–Crippen MR) is 164 cm³/mol. The first kappa shape index (κ1) is 30.6. The molecule has 1 fully saturated rings. The minimum atomic E-state index is 0.0427. The maximum Gasteiger partial charge on any atom is 0.226 e. The molecule has 3 aromatic rings. The summed E-state index contributed by atoms with van der Waals surface area (Å²) in [4.78, 5) is 30.1. The normalized spacial score (nSPS) is 16.0. The number of piperazine rings is 1. The van der Waals surface area contributed by atoms with Crippen molar-refractivity contribution >= 4 is 23.6 Å². The van der Waals surface area contributed by atoms with Crippen LogP contribution in [-0.2, 0) is 9.59 Å². The van der Waals surface area contributed by atoms with Gasteiger partial charge in [-0.25, -0.2) is 0 Å². The fraction of sp³-hybridized carbons (Fsp3) is 0.500. The number of aromatic nitrogens is 3. The highest BCUT2D eigenvalue weighted by Gasteiger charge is 2.32. The molecule has 2 unspecified atom stereocenters. The van der Waals surface area contributed by atoms with Crippen molar-refractivity contribution in [2.75, 3.05) is 32.5 Å². The molecule has 0 saturated carbocycles. The molecule has 2 heterocycles. The molecule has 2 amide bonds. The van der Waals surface area contributed by atoms with E-state index in [1.165, 1.54) is 0 Å². The van der Waals surface area contributed by atoms with Gasteiger partial charge >= 0.3 is 0 Å². The summed E-state index contributed by atoms with van der Waals surface area (Å²) in [7, 11) is 1.66. The zero-order valence-electron chi connectivity index (χ0n) is 24.8.